The van der Waals surface area contributed by atoms with Gasteiger partial charge in [0.05, 0.1) is 10.1 Å². The molecule has 6 heteroatoms. The quantitative estimate of drug-likeness (QED) is 0.607. The minimum absolute atomic E-state index is 0.0674. The van der Waals surface area contributed by atoms with Gasteiger partial charge in [-0.25, -0.2) is 4.98 Å². The van der Waals surface area contributed by atoms with Crippen LogP contribution in [0.25, 0.3) is 0 Å². The van der Waals surface area contributed by atoms with E-state index in [0.717, 1.165) is 0 Å². The predicted molar refractivity (Wildman–Crippen MR) is 63.8 cm³/mol. The van der Waals surface area contributed by atoms with Crippen LogP contribution in [0.4, 0.5) is 0 Å². The summed E-state index contributed by atoms with van der Waals surface area (Å²) in [5.74, 6) is 0.652. The van der Waals surface area contributed by atoms with Crippen molar-refractivity contribution in [2.75, 3.05) is 14.2 Å². The second-order valence-corrected chi connectivity index (χ2v) is 4.13. The Morgan fingerprint density at radius 1 is 1.53 bits per heavy atom. The predicted octanol–water partition coefficient (Wildman–Crippen LogP) is 0.775. The van der Waals surface area contributed by atoms with Crippen LogP contribution in [0.15, 0.2) is 11.0 Å². The molecule has 0 amide bonds. The van der Waals surface area contributed by atoms with Gasteiger partial charge >= 0.3 is 0 Å². The van der Waals surface area contributed by atoms with Gasteiger partial charge < -0.3 is 9.47 Å². The van der Waals surface area contributed by atoms with Crippen LogP contribution in [-0.2, 0) is 16.0 Å². The molecule has 0 aliphatic heterocycles. The maximum atomic E-state index is 11.8. The van der Waals surface area contributed by atoms with Crippen molar-refractivity contribution in [2.24, 2.45) is 0 Å². The largest absolute Gasteiger partial charge is 0.354 e. The van der Waals surface area contributed by atoms with E-state index in [1.807, 2.05) is 22.6 Å². The van der Waals surface area contributed by atoms with Crippen LogP contribution in [-0.4, -0.2) is 30.1 Å². The molecular formula is C9H13IN2O3. The maximum Gasteiger partial charge on any atom is 0.267 e. The highest BCUT2D eigenvalue weighted by Gasteiger charge is 2.11. The van der Waals surface area contributed by atoms with E-state index in [1.54, 1.807) is 17.7 Å². The van der Waals surface area contributed by atoms with E-state index < -0.39 is 6.29 Å². The second kappa shape index (κ2) is 5.57. The molecule has 5 nitrogen and oxygen atoms in total. The smallest absolute Gasteiger partial charge is 0.267 e. The number of aryl methyl sites for hydroxylation is 1. The Hall–Kier alpha value is -0.470. The minimum atomic E-state index is -0.429. The number of methoxy groups -OCH3 is 2. The van der Waals surface area contributed by atoms with E-state index in [9.17, 15) is 4.79 Å². The lowest BCUT2D eigenvalue weighted by molar-refractivity contribution is -0.111. The molecule has 0 atom stereocenters. The molecule has 1 heterocycles. The molecule has 0 spiro atoms. The summed E-state index contributed by atoms with van der Waals surface area (Å²) >= 11 is 1.96. The van der Waals surface area contributed by atoms with Crippen molar-refractivity contribution in [2.45, 2.75) is 19.8 Å². The molecule has 1 aromatic heterocycles. The van der Waals surface area contributed by atoms with Crippen molar-refractivity contribution in [3.63, 3.8) is 0 Å². The zero-order valence-electron chi connectivity index (χ0n) is 8.86. The van der Waals surface area contributed by atoms with E-state index in [0.29, 0.717) is 15.9 Å². The highest BCUT2D eigenvalue weighted by Crippen LogP contribution is 2.01. The summed E-state index contributed by atoms with van der Waals surface area (Å²) < 4.78 is 12.2. The van der Waals surface area contributed by atoms with Crippen molar-refractivity contribution < 1.29 is 9.47 Å². The number of hydrogen-bond donors (Lipinski definition) is 0. The highest BCUT2D eigenvalue weighted by molar-refractivity contribution is 14.1. The summed E-state index contributed by atoms with van der Waals surface area (Å²) in [6.45, 7) is 2.13. The van der Waals surface area contributed by atoms with Crippen molar-refractivity contribution >= 4 is 22.6 Å². The van der Waals surface area contributed by atoms with Gasteiger partial charge in [-0.3, -0.25) is 9.36 Å². The van der Waals surface area contributed by atoms with Gasteiger partial charge in [0.15, 0.2) is 6.29 Å². The molecule has 0 aromatic carbocycles. The average Bonchev–Trinajstić information content (AvgIpc) is 2.24. The molecule has 0 bridgehead atoms. The first-order chi connectivity index (χ1) is 7.10. The summed E-state index contributed by atoms with van der Waals surface area (Å²) in [4.78, 5) is 15.9. The number of rotatable bonds is 4. The summed E-state index contributed by atoms with van der Waals surface area (Å²) in [5, 5.41) is 0. The molecule has 0 fully saturated rings. The highest BCUT2D eigenvalue weighted by atomic mass is 127. The van der Waals surface area contributed by atoms with E-state index in [1.165, 1.54) is 14.2 Å². The Balaban J connectivity index is 3.03. The molecule has 0 saturated heterocycles. The number of halogens is 1. The standard InChI is InChI=1S/C9H13IN2O3/c1-6-11-4-7(10)9(13)12(6)5-8(14-2)15-3/h4,8H,5H2,1-3H3. The molecule has 0 unspecified atom stereocenters. The van der Waals surface area contributed by atoms with Gasteiger partial charge in [-0.1, -0.05) is 0 Å². The topological polar surface area (TPSA) is 53.4 Å². The van der Waals surface area contributed by atoms with Gasteiger partial charge in [0.25, 0.3) is 5.56 Å². The normalized spacial score (nSPS) is 11.0. The van der Waals surface area contributed by atoms with Gasteiger partial charge in [0, 0.05) is 20.4 Å². The number of nitrogens with zero attached hydrogens (tertiary/aromatic N) is 2. The van der Waals surface area contributed by atoms with Gasteiger partial charge in [0.1, 0.15) is 5.82 Å². The van der Waals surface area contributed by atoms with Crippen LogP contribution in [0.2, 0.25) is 0 Å². The lowest BCUT2D eigenvalue weighted by Gasteiger charge is -2.16. The van der Waals surface area contributed by atoms with E-state index in [2.05, 4.69) is 4.98 Å². The zero-order valence-corrected chi connectivity index (χ0v) is 11.0. The van der Waals surface area contributed by atoms with Gasteiger partial charge in [-0.05, 0) is 29.5 Å². The Morgan fingerprint density at radius 2 is 2.13 bits per heavy atom. The van der Waals surface area contributed by atoms with Crippen molar-refractivity contribution in [1.82, 2.24) is 9.55 Å². The third-order valence-corrected chi connectivity index (χ3v) is 2.80. The minimum Gasteiger partial charge on any atom is -0.354 e. The molecule has 84 valence electrons. The molecule has 1 aromatic rings. The average molecular weight is 324 g/mol. The fourth-order valence-corrected chi connectivity index (χ4v) is 1.59. The summed E-state index contributed by atoms with van der Waals surface area (Å²) in [7, 11) is 3.08. The third-order valence-electron chi connectivity index (χ3n) is 2.06. The monoisotopic (exact) mass is 324 g/mol. The van der Waals surface area contributed by atoms with Crippen molar-refractivity contribution in [3.8, 4) is 0 Å². The first kappa shape index (κ1) is 12.6. The molecule has 0 aliphatic carbocycles. The fraction of sp³-hybridized carbons (Fsp3) is 0.556. The molecule has 0 N–H and O–H groups in total. The second-order valence-electron chi connectivity index (χ2n) is 2.97. The van der Waals surface area contributed by atoms with Crippen molar-refractivity contribution in [1.29, 1.82) is 0 Å². The zero-order chi connectivity index (χ0) is 11.4. The first-order valence-electron chi connectivity index (χ1n) is 4.37. The van der Waals surface area contributed by atoms with Gasteiger partial charge in [0.2, 0.25) is 0 Å². The number of ether oxygens (including phenoxy) is 2. The lowest BCUT2D eigenvalue weighted by atomic mass is 10.5. The Morgan fingerprint density at radius 3 is 2.67 bits per heavy atom. The molecule has 0 aliphatic rings. The van der Waals surface area contributed by atoms with E-state index in [4.69, 9.17) is 9.47 Å². The van der Waals surface area contributed by atoms with Crippen molar-refractivity contribution in [3.05, 3.63) is 25.9 Å². The number of hydrogen-bond acceptors (Lipinski definition) is 4. The third kappa shape index (κ3) is 2.99. The Labute approximate surface area is 102 Å². The Kier molecular flexibility index (Phi) is 4.68. The van der Waals surface area contributed by atoms with E-state index >= 15 is 0 Å². The van der Waals surface area contributed by atoms with Crippen LogP contribution >= 0.6 is 22.6 Å². The van der Waals surface area contributed by atoms with Crippen LogP contribution in [0.1, 0.15) is 5.82 Å². The van der Waals surface area contributed by atoms with Gasteiger partial charge in [-0.2, -0.15) is 0 Å². The fourth-order valence-electron chi connectivity index (χ4n) is 1.16. The summed E-state index contributed by atoms with van der Waals surface area (Å²) in [5.41, 5.74) is -0.0674. The molecule has 1 rings (SSSR count). The molecular weight excluding hydrogens is 311 g/mol. The van der Waals surface area contributed by atoms with Crippen LogP contribution in [0.3, 0.4) is 0 Å². The summed E-state index contributed by atoms with van der Waals surface area (Å²) in [6.07, 6.45) is 1.13. The summed E-state index contributed by atoms with van der Waals surface area (Å²) in [6, 6.07) is 0. The molecule has 0 saturated carbocycles. The van der Waals surface area contributed by atoms with Crippen LogP contribution in [0, 0.1) is 10.5 Å². The Bertz CT molecular complexity index is 387. The molecule has 0 radical (unpaired) electrons. The maximum absolute atomic E-state index is 11.8. The van der Waals surface area contributed by atoms with Gasteiger partial charge in [-0.15, -0.1) is 0 Å². The lowest BCUT2D eigenvalue weighted by Crippen LogP contribution is -2.32. The first-order valence-corrected chi connectivity index (χ1v) is 5.45. The van der Waals surface area contributed by atoms with Crippen LogP contribution < -0.4 is 5.56 Å². The SMILES string of the molecule is COC(Cn1c(C)ncc(I)c1=O)OC. The number of aromatic nitrogens is 2. The van der Waals surface area contributed by atoms with Crippen LogP contribution in [0.5, 0.6) is 0 Å². The molecule has 15 heavy (non-hydrogen) atoms. The van der Waals surface area contributed by atoms with E-state index in [-0.39, 0.29) is 5.56 Å².